The maximum atomic E-state index is 6.57. The molecule has 3 atom stereocenters. The summed E-state index contributed by atoms with van der Waals surface area (Å²) in [4.78, 5) is 0. The fraction of sp³-hybridized carbons (Fsp3) is 1.00. The second kappa shape index (κ2) is 17.6. The number of unbranched alkanes of at least 4 members (excludes halogenated alkanes) is 2. The molecule has 3 unspecified atom stereocenters. The van der Waals surface area contributed by atoms with Gasteiger partial charge >= 0.3 is 8.80 Å². The van der Waals surface area contributed by atoms with Gasteiger partial charge in [0, 0.05) is 32.5 Å². The molecular formula is C24H50O5Si. The van der Waals surface area contributed by atoms with E-state index in [2.05, 4.69) is 34.6 Å². The van der Waals surface area contributed by atoms with Gasteiger partial charge in [-0.3, -0.25) is 0 Å². The monoisotopic (exact) mass is 446 g/mol. The van der Waals surface area contributed by atoms with E-state index in [4.69, 9.17) is 22.8 Å². The summed E-state index contributed by atoms with van der Waals surface area (Å²) in [5, 5.41) is 0. The first-order valence-corrected chi connectivity index (χ1v) is 14.7. The fourth-order valence-electron chi connectivity index (χ4n) is 3.62. The Morgan fingerprint density at radius 2 is 1.40 bits per heavy atom. The molecule has 0 aromatic rings. The number of rotatable bonds is 22. The molecule has 1 fully saturated rings. The largest absolute Gasteiger partial charge is 0.501 e. The van der Waals surface area contributed by atoms with Gasteiger partial charge in [0.1, 0.15) is 6.10 Å². The van der Waals surface area contributed by atoms with Gasteiger partial charge in [0.25, 0.3) is 0 Å². The summed E-state index contributed by atoms with van der Waals surface area (Å²) in [6, 6.07) is 0.834. The van der Waals surface area contributed by atoms with Crippen LogP contribution < -0.4 is 0 Å². The molecule has 5 nitrogen and oxygen atoms in total. The molecule has 0 N–H and O–H groups in total. The SMILES string of the molecule is CCCCC(CC)CO[Si](CCCOCC1CO1)(OCC)OCC(CC)CCCC. The Morgan fingerprint density at radius 3 is 1.83 bits per heavy atom. The topological polar surface area (TPSA) is 49.5 Å². The summed E-state index contributed by atoms with van der Waals surface area (Å²) in [6.45, 7) is 15.5. The number of ether oxygens (including phenoxy) is 2. The second-order valence-corrected chi connectivity index (χ2v) is 11.4. The Morgan fingerprint density at radius 1 is 0.833 bits per heavy atom. The quantitative estimate of drug-likeness (QED) is 0.112. The summed E-state index contributed by atoms with van der Waals surface area (Å²) >= 11 is 0. The standard InChI is InChI=1S/C24H50O5Si/c1-6-11-14-22(8-3)18-28-30(27-10-5,17-13-16-25-20-24-21-26-24)29-19-23(9-4)15-12-7-2/h22-24H,6-21H2,1-5H3. The van der Waals surface area contributed by atoms with Crippen LogP contribution in [0.4, 0.5) is 0 Å². The van der Waals surface area contributed by atoms with Crippen LogP contribution in [0.3, 0.4) is 0 Å². The van der Waals surface area contributed by atoms with Crippen molar-refractivity contribution >= 4 is 8.80 Å². The highest BCUT2D eigenvalue weighted by Gasteiger charge is 2.41. The zero-order chi connectivity index (χ0) is 22.1. The first-order valence-electron chi connectivity index (χ1n) is 12.7. The lowest BCUT2D eigenvalue weighted by molar-refractivity contribution is 0.0341. The smallest absolute Gasteiger partial charge is 0.379 e. The maximum absolute atomic E-state index is 6.57. The lowest BCUT2D eigenvalue weighted by atomic mass is 10.0. The van der Waals surface area contributed by atoms with Crippen LogP contribution in [0.1, 0.15) is 92.4 Å². The highest BCUT2D eigenvalue weighted by Crippen LogP contribution is 2.24. The molecule has 0 aromatic carbocycles. The predicted octanol–water partition coefficient (Wildman–Crippen LogP) is 6.23. The Labute approximate surface area is 187 Å². The first-order chi connectivity index (χ1) is 14.6. The van der Waals surface area contributed by atoms with Crippen molar-refractivity contribution in [3.05, 3.63) is 0 Å². The third kappa shape index (κ3) is 12.8. The van der Waals surface area contributed by atoms with Crippen molar-refractivity contribution in [3.8, 4) is 0 Å². The van der Waals surface area contributed by atoms with Gasteiger partial charge in [-0.15, -0.1) is 0 Å². The van der Waals surface area contributed by atoms with Crippen LogP contribution in [0.5, 0.6) is 0 Å². The van der Waals surface area contributed by atoms with Crippen molar-refractivity contribution in [1.82, 2.24) is 0 Å². The van der Waals surface area contributed by atoms with Crippen molar-refractivity contribution < 1.29 is 22.8 Å². The average molecular weight is 447 g/mol. The molecule has 1 aliphatic rings. The lowest BCUT2D eigenvalue weighted by Crippen LogP contribution is -2.48. The molecule has 30 heavy (non-hydrogen) atoms. The number of hydrogen-bond acceptors (Lipinski definition) is 5. The molecule has 0 aliphatic carbocycles. The minimum atomic E-state index is -2.70. The molecule has 0 radical (unpaired) electrons. The Balaban J connectivity index is 2.65. The molecule has 0 saturated carbocycles. The van der Waals surface area contributed by atoms with Gasteiger partial charge in [-0.05, 0) is 38.0 Å². The number of epoxide rings is 1. The highest BCUT2D eigenvalue weighted by molar-refractivity contribution is 6.60. The van der Waals surface area contributed by atoms with Crippen molar-refractivity contribution in [2.75, 3.05) is 39.6 Å². The second-order valence-electron chi connectivity index (χ2n) is 8.70. The lowest BCUT2D eigenvalue weighted by Gasteiger charge is -2.32. The van der Waals surface area contributed by atoms with E-state index < -0.39 is 8.80 Å². The normalized spacial score (nSPS) is 20.1. The molecule has 0 aromatic heterocycles. The zero-order valence-electron chi connectivity index (χ0n) is 20.6. The summed E-state index contributed by atoms with van der Waals surface area (Å²) in [7, 11) is -2.70. The molecule has 1 heterocycles. The van der Waals surface area contributed by atoms with Gasteiger partial charge < -0.3 is 22.8 Å². The van der Waals surface area contributed by atoms with Crippen LogP contribution in [0.2, 0.25) is 6.04 Å². The van der Waals surface area contributed by atoms with E-state index in [1.165, 1.54) is 38.5 Å². The summed E-state index contributed by atoms with van der Waals surface area (Å²) in [6.07, 6.45) is 11.0. The maximum Gasteiger partial charge on any atom is 0.501 e. The highest BCUT2D eigenvalue weighted by atomic mass is 28.4. The summed E-state index contributed by atoms with van der Waals surface area (Å²) < 4.78 is 30.4. The third-order valence-electron chi connectivity index (χ3n) is 6.01. The molecule has 1 rings (SSSR count). The van der Waals surface area contributed by atoms with Crippen LogP contribution in [-0.4, -0.2) is 54.5 Å². The Kier molecular flexibility index (Phi) is 16.4. The molecule has 1 saturated heterocycles. The van der Waals surface area contributed by atoms with Crippen molar-refractivity contribution in [1.29, 1.82) is 0 Å². The van der Waals surface area contributed by atoms with E-state index in [-0.39, 0.29) is 0 Å². The third-order valence-corrected chi connectivity index (χ3v) is 8.91. The summed E-state index contributed by atoms with van der Waals surface area (Å²) in [5.41, 5.74) is 0. The zero-order valence-corrected chi connectivity index (χ0v) is 21.6. The van der Waals surface area contributed by atoms with Crippen LogP contribution >= 0.6 is 0 Å². The van der Waals surface area contributed by atoms with Gasteiger partial charge in [0.2, 0.25) is 0 Å². The van der Waals surface area contributed by atoms with Crippen LogP contribution in [0.15, 0.2) is 0 Å². The van der Waals surface area contributed by atoms with E-state index in [0.717, 1.165) is 45.1 Å². The number of hydrogen-bond donors (Lipinski definition) is 0. The molecule has 0 amide bonds. The van der Waals surface area contributed by atoms with Gasteiger partial charge in [0.15, 0.2) is 0 Å². The van der Waals surface area contributed by atoms with E-state index in [0.29, 0.717) is 37.8 Å². The van der Waals surface area contributed by atoms with Crippen LogP contribution in [0.25, 0.3) is 0 Å². The van der Waals surface area contributed by atoms with E-state index in [1.807, 2.05) is 0 Å². The van der Waals surface area contributed by atoms with Gasteiger partial charge in [-0.25, -0.2) is 0 Å². The first kappa shape index (κ1) is 28.1. The molecule has 180 valence electrons. The van der Waals surface area contributed by atoms with Crippen molar-refractivity contribution in [2.24, 2.45) is 11.8 Å². The minimum Gasteiger partial charge on any atom is -0.379 e. The van der Waals surface area contributed by atoms with Gasteiger partial charge in [-0.2, -0.15) is 0 Å². The molecule has 0 bridgehead atoms. The van der Waals surface area contributed by atoms with E-state index in [1.54, 1.807) is 0 Å². The van der Waals surface area contributed by atoms with Gasteiger partial charge in [-0.1, -0.05) is 66.2 Å². The average Bonchev–Trinajstić information content (AvgIpc) is 3.58. The minimum absolute atomic E-state index is 0.319. The predicted molar refractivity (Wildman–Crippen MR) is 126 cm³/mol. The van der Waals surface area contributed by atoms with E-state index in [9.17, 15) is 0 Å². The van der Waals surface area contributed by atoms with Crippen LogP contribution in [-0.2, 0) is 22.8 Å². The Bertz CT molecular complexity index is 372. The van der Waals surface area contributed by atoms with E-state index >= 15 is 0 Å². The molecule has 6 heteroatoms. The Hall–Kier alpha value is 0.0169. The van der Waals surface area contributed by atoms with Crippen LogP contribution in [0, 0.1) is 11.8 Å². The molecular weight excluding hydrogens is 396 g/mol. The van der Waals surface area contributed by atoms with Gasteiger partial charge in [0.05, 0.1) is 13.2 Å². The molecule has 1 aliphatic heterocycles. The van der Waals surface area contributed by atoms with Crippen molar-refractivity contribution in [3.63, 3.8) is 0 Å². The van der Waals surface area contributed by atoms with Crippen molar-refractivity contribution in [2.45, 2.75) is 105 Å². The fourth-order valence-corrected chi connectivity index (χ4v) is 6.30. The molecule has 0 spiro atoms. The summed E-state index contributed by atoms with van der Waals surface area (Å²) in [5.74, 6) is 1.18.